The van der Waals surface area contributed by atoms with E-state index in [2.05, 4.69) is 54.4 Å². The molecule has 1 N–H and O–H groups in total. The fourth-order valence-corrected chi connectivity index (χ4v) is 3.52. The lowest BCUT2D eigenvalue weighted by Crippen LogP contribution is -2.54. The molecule has 0 amide bonds. The number of hydrogen-bond acceptors (Lipinski definition) is 3. The Labute approximate surface area is 128 Å². The molecule has 1 heterocycles. The molecule has 2 aliphatic rings. The quantitative estimate of drug-likeness (QED) is 0.871. The lowest BCUT2D eigenvalue weighted by atomic mass is 9.99. The molecular formula is C18H28N2O. The largest absolute Gasteiger partial charge is 0.377 e. The van der Waals surface area contributed by atoms with Crippen LogP contribution in [0.4, 0.5) is 0 Å². The first-order valence-corrected chi connectivity index (χ1v) is 8.42. The lowest BCUT2D eigenvalue weighted by Gasteiger charge is -2.42. The van der Waals surface area contributed by atoms with E-state index in [-0.39, 0.29) is 0 Å². The first kappa shape index (κ1) is 15.0. The molecule has 0 bridgehead atoms. The molecule has 3 unspecified atom stereocenters. The molecule has 1 aliphatic carbocycles. The van der Waals surface area contributed by atoms with Crippen LogP contribution in [0.15, 0.2) is 30.3 Å². The third kappa shape index (κ3) is 3.85. The Hall–Kier alpha value is -0.900. The van der Waals surface area contributed by atoms with Gasteiger partial charge in [-0.2, -0.15) is 0 Å². The van der Waals surface area contributed by atoms with Crippen LogP contribution in [0.1, 0.15) is 38.3 Å². The highest BCUT2D eigenvalue weighted by Gasteiger charge is 2.37. The fraction of sp³-hybridized carbons (Fsp3) is 0.667. The van der Waals surface area contributed by atoms with E-state index < -0.39 is 0 Å². The van der Waals surface area contributed by atoms with Gasteiger partial charge in [0.05, 0.1) is 6.10 Å². The average molecular weight is 288 g/mol. The molecule has 1 aliphatic heterocycles. The summed E-state index contributed by atoms with van der Waals surface area (Å²) < 4.78 is 5.78. The Balaban J connectivity index is 1.70. The zero-order valence-electron chi connectivity index (χ0n) is 13.3. The van der Waals surface area contributed by atoms with Crippen molar-refractivity contribution in [2.24, 2.45) is 5.92 Å². The van der Waals surface area contributed by atoms with Crippen LogP contribution in [0.2, 0.25) is 0 Å². The first-order chi connectivity index (χ1) is 10.3. The smallest absolute Gasteiger partial charge is 0.0673 e. The molecule has 0 radical (unpaired) electrons. The summed E-state index contributed by atoms with van der Waals surface area (Å²) in [4.78, 5) is 2.63. The zero-order valence-corrected chi connectivity index (χ0v) is 13.3. The minimum atomic E-state index is 0.305. The van der Waals surface area contributed by atoms with Gasteiger partial charge in [0, 0.05) is 38.3 Å². The highest BCUT2D eigenvalue weighted by molar-refractivity contribution is 5.20. The van der Waals surface area contributed by atoms with E-state index >= 15 is 0 Å². The van der Waals surface area contributed by atoms with Crippen LogP contribution in [0.3, 0.4) is 0 Å². The van der Waals surface area contributed by atoms with Crippen molar-refractivity contribution < 1.29 is 4.74 Å². The molecule has 1 saturated carbocycles. The number of piperazine rings is 1. The zero-order chi connectivity index (χ0) is 14.7. The van der Waals surface area contributed by atoms with Crippen molar-refractivity contribution in [1.82, 2.24) is 10.2 Å². The van der Waals surface area contributed by atoms with E-state index in [1.165, 1.54) is 18.4 Å². The van der Waals surface area contributed by atoms with Gasteiger partial charge in [0.25, 0.3) is 0 Å². The topological polar surface area (TPSA) is 24.5 Å². The van der Waals surface area contributed by atoms with Gasteiger partial charge in [-0.3, -0.25) is 4.90 Å². The summed E-state index contributed by atoms with van der Waals surface area (Å²) in [6, 6.07) is 12.0. The van der Waals surface area contributed by atoms with E-state index in [9.17, 15) is 0 Å². The summed E-state index contributed by atoms with van der Waals surface area (Å²) in [5.41, 5.74) is 1.42. The van der Waals surface area contributed by atoms with Gasteiger partial charge in [-0.1, -0.05) is 30.3 Å². The number of rotatable bonds is 6. The summed E-state index contributed by atoms with van der Waals surface area (Å²) in [6.45, 7) is 8.31. The van der Waals surface area contributed by atoms with E-state index in [0.29, 0.717) is 18.2 Å². The number of ether oxygens (including phenoxy) is 1. The Morgan fingerprint density at radius 2 is 2.05 bits per heavy atom. The van der Waals surface area contributed by atoms with E-state index in [4.69, 9.17) is 4.74 Å². The average Bonchev–Trinajstić information content (AvgIpc) is 3.33. The number of benzene rings is 1. The Morgan fingerprint density at radius 3 is 2.71 bits per heavy atom. The van der Waals surface area contributed by atoms with Gasteiger partial charge in [0.2, 0.25) is 0 Å². The highest BCUT2D eigenvalue weighted by Crippen LogP contribution is 2.36. The number of nitrogens with one attached hydrogen (secondary N) is 1. The Bertz CT molecular complexity index is 432. The second-order valence-corrected chi connectivity index (χ2v) is 6.50. The van der Waals surface area contributed by atoms with Crippen molar-refractivity contribution in [2.45, 2.75) is 44.9 Å². The van der Waals surface area contributed by atoms with Crippen LogP contribution >= 0.6 is 0 Å². The van der Waals surface area contributed by atoms with Crippen molar-refractivity contribution in [3.8, 4) is 0 Å². The third-order valence-electron chi connectivity index (χ3n) is 4.76. The van der Waals surface area contributed by atoms with Gasteiger partial charge in [-0.05, 0) is 38.2 Å². The number of hydrogen-bond donors (Lipinski definition) is 1. The third-order valence-corrected chi connectivity index (χ3v) is 4.76. The van der Waals surface area contributed by atoms with Crippen molar-refractivity contribution >= 4 is 0 Å². The molecular weight excluding hydrogens is 260 g/mol. The molecule has 0 aromatic heterocycles. The van der Waals surface area contributed by atoms with Gasteiger partial charge in [-0.25, -0.2) is 0 Å². The maximum Gasteiger partial charge on any atom is 0.0673 e. The highest BCUT2D eigenvalue weighted by atomic mass is 16.5. The van der Waals surface area contributed by atoms with Crippen molar-refractivity contribution in [3.63, 3.8) is 0 Å². The van der Waals surface area contributed by atoms with Crippen LogP contribution in [0.5, 0.6) is 0 Å². The second-order valence-electron chi connectivity index (χ2n) is 6.50. The molecule has 1 aromatic carbocycles. The molecule has 3 atom stereocenters. The molecule has 21 heavy (non-hydrogen) atoms. The van der Waals surface area contributed by atoms with E-state index in [0.717, 1.165) is 32.2 Å². The van der Waals surface area contributed by atoms with Gasteiger partial charge >= 0.3 is 0 Å². The van der Waals surface area contributed by atoms with Crippen LogP contribution < -0.4 is 5.32 Å². The van der Waals surface area contributed by atoms with Gasteiger partial charge in [0.1, 0.15) is 0 Å². The SMILES string of the molecule is CCOC(C)CN1CC(C2CC2)NCC1c1ccccc1. The predicted octanol–water partition coefficient (Wildman–Crippen LogP) is 2.84. The summed E-state index contributed by atoms with van der Waals surface area (Å²) in [5, 5.41) is 3.78. The molecule has 1 saturated heterocycles. The summed E-state index contributed by atoms with van der Waals surface area (Å²) >= 11 is 0. The Kier molecular flexibility index (Phi) is 4.94. The van der Waals surface area contributed by atoms with Crippen molar-refractivity contribution in [2.75, 3.05) is 26.2 Å². The summed E-state index contributed by atoms with van der Waals surface area (Å²) in [7, 11) is 0. The molecule has 0 spiro atoms. The van der Waals surface area contributed by atoms with Crippen LogP contribution in [-0.4, -0.2) is 43.3 Å². The minimum Gasteiger partial charge on any atom is -0.377 e. The monoisotopic (exact) mass is 288 g/mol. The second kappa shape index (κ2) is 6.91. The Morgan fingerprint density at radius 1 is 1.29 bits per heavy atom. The molecule has 3 nitrogen and oxygen atoms in total. The minimum absolute atomic E-state index is 0.305. The maximum atomic E-state index is 5.78. The van der Waals surface area contributed by atoms with Gasteiger partial charge in [0.15, 0.2) is 0 Å². The summed E-state index contributed by atoms with van der Waals surface area (Å²) in [6.07, 6.45) is 3.12. The van der Waals surface area contributed by atoms with E-state index in [1.54, 1.807) is 0 Å². The van der Waals surface area contributed by atoms with Gasteiger partial charge in [-0.15, -0.1) is 0 Å². The molecule has 2 fully saturated rings. The maximum absolute atomic E-state index is 5.78. The number of nitrogens with zero attached hydrogens (tertiary/aromatic N) is 1. The molecule has 3 heteroatoms. The molecule has 1 aromatic rings. The standard InChI is InChI=1S/C18H28N2O/c1-3-21-14(2)12-20-13-17(15-9-10-15)19-11-18(20)16-7-5-4-6-8-16/h4-8,14-15,17-19H,3,9-13H2,1-2H3. The van der Waals surface area contributed by atoms with Crippen LogP contribution in [0, 0.1) is 5.92 Å². The first-order valence-electron chi connectivity index (χ1n) is 8.42. The van der Waals surface area contributed by atoms with Crippen molar-refractivity contribution in [3.05, 3.63) is 35.9 Å². The fourth-order valence-electron chi connectivity index (χ4n) is 3.52. The molecule has 116 valence electrons. The molecule has 3 rings (SSSR count). The van der Waals surface area contributed by atoms with E-state index in [1.807, 2.05) is 0 Å². The normalized spacial score (nSPS) is 28.5. The summed E-state index contributed by atoms with van der Waals surface area (Å²) in [5.74, 6) is 0.909. The predicted molar refractivity (Wildman–Crippen MR) is 86.4 cm³/mol. The van der Waals surface area contributed by atoms with Crippen LogP contribution in [0.25, 0.3) is 0 Å². The van der Waals surface area contributed by atoms with Gasteiger partial charge < -0.3 is 10.1 Å². The van der Waals surface area contributed by atoms with Crippen molar-refractivity contribution in [1.29, 1.82) is 0 Å². The van der Waals surface area contributed by atoms with Crippen LogP contribution in [-0.2, 0) is 4.74 Å². The lowest BCUT2D eigenvalue weighted by molar-refractivity contribution is 0.0179.